The maximum Gasteiger partial charge on any atom is 0.410 e. The average Bonchev–Trinajstić information content (AvgIpc) is 3.12. The van der Waals surface area contributed by atoms with Gasteiger partial charge in [0.15, 0.2) is 0 Å². The third-order valence-electron chi connectivity index (χ3n) is 4.09. The Morgan fingerprint density at radius 1 is 1.33 bits per heavy atom. The van der Waals surface area contributed by atoms with Gasteiger partial charge in [-0.05, 0) is 53.0 Å². The number of ether oxygens (including phenoxy) is 1. The number of nitrogens with zero attached hydrogens (tertiary/aromatic N) is 2. The fourth-order valence-corrected chi connectivity index (χ4v) is 2.78. The number of carbonyl (C=O) groups is 1. The van der Waals surface area contributed by atoms with Gasteiger partial charge in [-0.25, -0.2) is 4.79 Å². The first-order valence-electron chi connectivity index (χ1n) is 8.27. The van der Waals surface area contributed by atoms with Gasteiger partial charge in [0, 0.05) is 38.8 Å². The van der Waals surface area contributed by atoms with Crippen LogP contribution < -0.4 is 5.32 Å². The smallest absolute Gasteiger partial charge is 0.410 e. The van der Waals surface area contributed by atoms with Crippen molar-refractivity contribution in [1.82, 2.24) is 15.1 Å². The average molecular weight is 297 g/mol. The Bertz CT molecular complexity index is 350. The van der Waals surface area contributed by atoms with Gasteiger partial charge in [0.05, 0.1) is 0 Å². The van der Waals surface area contributed by atoms with Crippen LogP contribution in [0.2, 0.25) is 0 Å². The van der Waals surface area contributed by atoms with Gasteiger partial charge < -0.3 is 15.0 Å². The predicted molar refractivity (Wildman–Crippen MR) is 84.5 cm³/mol. The molecule has 1 amide bonds. The summed E-state index contributed by atoms with van der Waals surface area (Å²) in [4.78, 5) is 16.1. The van der Waals surface area contributed by atoms with Crippen molar-refractivity contribution in [3.63, 3.8) is 0 Å². The lowest BCUT2D eigenvalue weighted by Crippen LogP contribution is -2.37. The predicted octanol–water partition coefficient (Wildman–Crippen LogP) is 2.07. The van der Waals surface area contributed by atoms with Crippen molar-refractivity contribution in [1.29, 1.82) is 0 Å². The second-order valence-corrected chi connectivity index (χ2v) is 7.42. The van der Waals surface area contributed by atoms with E-state index < -0.39 is 5.60 Å². The molecule has 1 atom stereocenters. The van der Waals surface area contributed by atoms with Crippen molar-refractivity contribution in [2.45, 2.75) is 64.1 Å². The Morgan fingerprint density at radius 3 is 2.67 bits per heavy atom. The molecule has 1 aliphatic carbocycles. The van der Waals surface area contributed by atoms with Crippen molar-refractivity contribution in [3.8, 4) is 0 Å². The second-order valence-electron chi connectivity index (χ2n) is 7.42. The van der Waals surface area contributed by atoms with Crippen LogP contribution in [0.15, 0.2) is 0 Å². The zero-order chi connectivity index (χ0) is 15.5. The number of hydrogen-bond donors (Lipinski definition) is 1. The number of nitrogens with one attached hydrogen (secondary N) is 1. The minimum absolute atomic E-state index is 0.233. The summed E-state index contributed by atoms with van der Waals surface area (Å²) in [5, 5.41) is 3.62. The molecule has 5 heteroatoms. The first kappa shape index (κ1) is 16.6. The van der Waals surface area contributed by atoms with Crippen LogP contribution in [0.1, 0.15) is 46.5 Å². The first-order chi connectivity index (χ1) is 9.85. The van der Waals surface area contributed by atoms with E-state index in [2.05, 4.69) is 10.2 Å². The maximum atomic E-state index is 11.8. The van der Waals surface area contributed by atoms with E-state index in [1.165, 1.54) is 32.4 Å². The topological polar surface area (TPSA) is 44.8 Å². The minimum Gasteiger partial charge on any atom is -0.444 e. The summed E-state index contributed by atoms with van der Waals surface area (Å²) < 4.78 is 5.34. The zero-order valence-electron chi connectivity index (χ0n) is 14.0. The van der Waals surface area contributed by atoms with Crippen molar-refractivity contribution >= 4 is 6.09 Å². The highest BCUT2D eigenvalue weighted by Crippen LogP contribution is 2.29. The first-order valence-corrected chi connectivity index (χ1v) is 8.27. The molecule has 0 spiro atoms. The Kier molecular flexibility index (Phi) is 5.49. The lowest BCUT2D eigenvalue weighted by atomic mass is 10.2. The summed E-state index contributed by atoms with van der Waals surface area (Å²) >= 11 is 0. The van der Waals surface area contributed by atoms with E-state index >= 15 is 0 Å². The van der Waals surface area contributed by atoms with Crippen molar-refractivity contribution < 1.29 is 9.53 Å². The molecule has 122 valence electrons. The number of rotatable bonds is 6. The second kappa shape index (κ2) is 6.97. The summed E-state index contributed by atoms with van der Waals surface area (Å²) in [6.45, 7) is 9.84. The number of carbonyl (C=O) groups excluding carboxylic acids is 1. The van der Waals surface area contributed by atoms with E-state index in [0.717, 1.165) is 25.6 Å². The van der Waals surface area contributed by atoms with Gasteiger partial charge in [0.1, 0.15) is 5.60 Å². The summed E-state index contributed by atoms with van der Waals surface area (Å²) in [5.41, 5.74) is -0.417. The lowest BCUT2D eigenvalue weighted by molar-refractivity contribution is 0.0297. The molecule has 1 N–H and O–H groups in total. The van der Waals surface area contributed by atoms with Crippen LogP contribution in [-0.4, -0.2) is 66.8 Å². The molecule has 1 heterocycles. The molecule has 0 aromatic rings. The molecule has 2 aliphatic rings. The fourth-order valence-electron chi connectivity index (χ4n) is 2.78. The van der Waals surface area contributed by atoms with Crippen LogP contribution in [-0.2, 0) is 4.74 Å². The monoisotopic (exact) mass is 297 g/mol. The Morgan fingerprint density at radius 2 is 2.05 bits per heavy atom. The highest BCUT2D eigenvalue weighted by molar-refractivity contribution is 5.67. The van der Waals surface area contributed by atoms with Crippen molar-refractivity contribution in [2.75, 3.05) is 33.2 Å². The Balaban J connectivity index is 1.54. The third-order valence-corrected chi connectivity index (χ3v) is 4.09. The molecular formula is C16H31N3O2. The van der Waals surface area contributed by atoms with E-state index in [-0.39, 0.29) is 6.09 Å². The molecule has 0 aromatic heterocycles. The van der Waals surface area contributed by atoms with Crippen LogP contribution in [0.25, 0.3) is 0 Å². The third kappa shape index (κ3) is 5.83. The molecule has 1 unspecified atom stereocenters. The molecule has 1 aliphatic heterocycles. The van der Waals surface area contributed by atoms with E-state index in [4.69, 9.17) is 4.74 Å². The molecule has 2 rings (SSSR count). The van der Waals surface area contributed by atoms with Gasteiger partial charge in [0.2, 0.25) is 0 Å². The van der Waals surface area contributed by atoms with Gasteiger partial charge in [0.25, 0.3) is 0 Å². The van der Waals surface area contributed by atoms with E-state index in [1.807, 2.05) is 20.8 Å². The number of amides is 1. The molecule has 21 heavy (non-hydrogen) atoms. The van der Waals surface area contributed by atoms with Crippen LogP contribution in [0.5, 0.6) is 0 Å². The quantitative estimate of drug-likeness (QED) is 0.762. The molecule has 0 aromatic carbocycles. The molecule has 0 bridgehead atoms. The van der Waals surface area contributed by atoms with Crippen molar-refractivity contribution in [3.05, 3.63) is 0 Å². The number of hydrogen-bond acceptors (Lipinski definition) is 4. The highest BCUT2D eigenvalue weighted by Gasteiger charge is 2.33. The standard InChI is InChI=1S/C16H31N3O2/c1-16(2,3)21-15(20)18(4)10-5-9-17-13-8-11-19(12-13)14-6-7-14/h13-14,17H,5-12H2,1-4H3. The summed E-state index contributed by atoms with van der Waals surface area (Å²) in [7, 11) is 1.80. The van der Waals surface area contributed by atoms with Crippen LogP contribution in [0.3, 0.4) is 0 Å². The summed E-state index contributed by atoms with van der Waals surface area (Å²) in [6, 6.07) is 1.52. The zero-order valence-corrected chi connectivity index (χ0v) is 14.0. The Hall–Kier alpha value is -0.810. The Labute approximate surface area is 129 Å². The molecular weight excluding hydrogens is 266 g/mol. The van der Waals surface area contributed by atoms with E-state index in [9.17, 15) is 4.79 Å². The maximum absolute atomic E-state index is 11.8. The molecule has 2 fully saturated rings. The van der Waals surface area contributed by atoms with Gasteiger partial charge >= 0.3 is 6.09 Å². The van der Waals surface area contributed by atoms with Gasteiger partial charge in [-0.2, -0.15) is 0 Å². The van der Waals surface area contributed by atoms with E-state index in [1.54, 1.807) is 11.9 Å². The van der Waals surface area contributed by atoms with Gasteiger partial charge in [-0.3, -0.25) is 4.90 Å². The lowest BCUT2D eigenvalue weighted by Gasteiger charge is -2.24. The summed E-state index contributed by atoms with van der Waals surface area (Å²) in [5.74, 6) is 0. The van der Waals surface area contributed by atoms with E-state index in [0.29, 0.717) is 6.04 Å². The fraction of sp³-hybridized carbons (Fsp3) is 0.938. The van der Waals surface area contributed by atoms with Crippen LogP contribution in [0, 0.1) is 0 Å². The van der Waals surface area contributed by atoms with Gasteiger partial charge in [-0.15, -0.1) is 0 Å². The normalized spacial score (nSPS) is 23.3. The molecule has 1 saturated carbocycles. The molecule has 0 radical (unpaired) electrons. The SMILES string of the molecule is CN(CCCNC1CCN(C2CC2)C1)C(=O)OC(C)(C)C. The summed E-state index contributed by atoms with van der Waals surface area (Å²) in [6.07, 6.45) is 4.79. The van der Waals surface area contributed by atoms with Crippen LogP contribution >= 0.6 is 0 Å². The highest BCUT2D eigenvalue weighted by atomic mass is 16.6. The van der Waals surface area contributed by atoms with Crippen LogP contribution in [0.4, 0.5) is 4.79 Å². The molecule has 5 nitrogen and oxygen atoms in total. The van der Waals surface area contributed by atoms with Crippen molar-refractivity contribution in [2.24, 2.45) is 0 Å². The molecule has 1 saturated heterocycles. The number of likely N-dealkylation sites (tertiary alicyclic amines) is 1. The minimum atomic E-state index is -0.417. The van der Waals surface area contributed by atoms with Gasteiger partial charge in [-0.1, -0.05) is 0 Å². The largest absolute Gasteiger partial charge is 0.444 e.